The van der Waals surface area contributed by atoms with Crippen molar-refractivity contribution in [3.8, 4) is 11.3 Å². The molecule has 0 amide bonds. The van der Waals surface area contributed by atoms with E-state index in [2.05, 4.69) is 9.88 Å². The van der Waals surface area contributed by atoms with Crippen LogP contribution in [0, 0.1) is 0 Å². The van der Waals surface area contributed by atoms with Gasteiger partial charge in [-0.15, -0.1) is 0 Å². The standard InChI is InChI=1S/C20H24N2O/c23-20(8-6-16-22-14-4-1-5-15-22)18-11-9-17(10-12-18)19-7-2-3-13-21-19/h2-3,7,9-13H,1,4-6,8,14-16H2. The van der Waals surface area contributed by atoms with Crippen molar-refractivity contribution in [1.82, 2.24) is 9.88 Å². The van der Waals surface area contributed by atoms with Crippen LogP contribution in [0.2, 0.25) is 0 Å². The van der Waals surface area contributed by atoms with Gasteiger partial charge in [0.25, 0.3) is 0 Å². The maximum Gasteiger partial charge on any atom is 0.162 e. The fourth-order valence-electron chi connectivity index (χ4n) is 3.15. The highest BCUT2D eigenvalue weighted by Crippen LogP contribution is 2.18. The molecule has 120 valence electrons. The van der Waals surface area contributed by atoms with Gasteiger partial charge in [0.2, 0.25) is 0 Å². The van der Waals surface area contributed by atoms with Crippen LogP contribution in [0.1, 0.15) is 42.5 Å². The minimum atomic E-state index is 0.245. The summed E-state index contributed by atoms with van der Waals surface area (Å²) >= 11 is 0. The molecule has 2 heterocycles. The van der Waals surface area contributed by atoms with Gasteiger partial charge >= 0.3 is 0 Å². The second-order valence-corrected chi connectivity index (χ2v) is 6.22. The number of benzene rings is 1. The molecule has 0 atom stereocenters. The van der Waals surface area contributed by atoms with Crippen LogP contribution in [0.5, 0.6) is 0 Å². The molecular weight excluding hydrogens is 284 g/mol. The first-order chi connectivity index (χ1) is 11.3. The largest absolute Gasteiger partial charge is 0.303 e. The van der Waals surface area contributed by atoms with Gasteiger partial charge in [0, 0.05) is 23.7 Å². The summed E-state index contributed by atoms with van der Waals surface area (Å²) < 4.78 is 0. The summed E-state index contributed by atoms with van der Waals surface area (Å²) in [6, 6.07) is 13.7. The van der Waals surface area contributed by atoms with Gasteiger partial charge in [-0.1, -0.05) is 36.8 Å². The zero-order valence-corrected chi connectivity index (χ0v) is 13.6. The molecular formula is C20H24N2O. The lowest BCUT2D eigenvalue weighted by Crippen LogP contribution is -2.30. The highest BCUT2D eigenvalue weighted by molar-refractivity contribution is 5.96. The topological polar surface area (TPSA) is 33.2 Å². The van der Waals surface area contributed by atoms with Crippen LogP contribution in [0.4, 0.5) is 0 Å². The van der Waals surface area contributed by atoms with E-state index in [1.54, 1.807) is 6.20 Å². The van der Waals surface area contributed by atoms with E-state index in [-0.39, 0.29) is 5.78 Å². The molecule has 23 heavy (non-hydrogen) atoms. The number of Topliss-reactive ketones (excluding diaryl/α,β-unsaturated/α-hetero) is 1. The van der Waals surface area contributed by atoms with Crippen molar-refractivity contribution in [2.24, 2.45) is 0 Å². The summed E-state index contributed by atoms with van der Waals surface area (Å²) in [6.45, 7) is 3.46. The first kappa shape index (κ1) is 15.9. The molecule has 1 aliphatic heterocycles. The monoisotopic (exact) mass is 308 g/mol. The molecule has 0 spiro atoms. The minimum Gasteiger partial charge on any atom is -0.303 e. The molecule has 1 saturated heterocycles. The molecule has 0 aliphatic carbocycles. The number of ketones is 1. The Labute approximate surface area is 138 Å². The van der Waals surface area contributed by atoms with Gasteiger partial charge in [-0.25, -0.2) is 0 Å². The minimum absolute atomic E-state index is 0.245. The number of nitrogens with zero attached hydrogens (tertiary/aromatic N) is 2. The van der Waals surface area contributed by atoms with Crippen LogP contribution in [-0.4, -0.2) is 35.3 Å². The third-order valence-electron chi connectivity index (χ3n) is 4.49. The second kappa shape index (κ2) is 8.02. The van der Waals surface area contributed by atoms with Gasteiger partial charge in [-0.05, 0) is 51.0 Å². The fraction of sp³-hybridized carbons (Fsp3) is 0.400. The van der Waals surface area contributed by atoms with Crippen LogP contribution in [0.15, 0.2) is 48.7 Å². The summed E-state index contributed by atoms with van der Waals surface area (Å²) in [5, 5.41) is 0. The highest BCUT2D eigenvalue weighted by Gasteiger charge is 2.11. The zero-order valence-electron chi connectivity index (χ0n) is 13.6. The second-order valence-electron chi connectivity index (χ2n) is 6.22. The van der Waals surface area contributed by atoms with E-state index in [4.69, 9.17) is 0 Å². The third-order valence-corrected chi connectivity index (χ3v) is 4.49. The van der Waals surface area contributed by atoms with E-state index < -0.39 is 0 Å². The van der Waals surface area contributed by atoms with E-state index in [1.165, 1.54) is 32.4 Å². The van der Waals surface area contributed by atoms with Crippen molar-refractivity contribution in [1.29, 1.82) is 0 Å². The van der Waals surface area contributed by atoms with Gasteiger partial charge < -0.3 is 4.90 Å². The van der Waals surface area contributed by atoms with Crippen LogP contribution in [-0.2, 0) is 0 Å². The Morgan fingerprint density at radius 1 is 1.00 bits per heavy atom. The number of likely N-dealkylation sites (tertiary alicyclic amines) is 1. The van der Waals surface area contributed by atoms with Gasteiger partial charge in [0.05, 0.1) is 5.69 Å². The van der Waals surface area contributed by atoms with E-state index in [0.717, 1.165) is 29.8 Å². The number of hydrogen-bond acceptors (Lipinski definition) is 3. The quantitative estimate of drug-likeness (QED) is 0.750. The molecule has 0 bridgehead atoms. The van der Waals surface area contributed by atoms with E-state index in [0.29, 0.717) is 6.42 Å². The molecule has 3 heteroatoms. The van der Waals surface area contributed by atoms with E-state index in [9.17, 15) is 4.79 Å². The zero-order chi connectivity index (χ0) is 15.9. The number of hydrogen-bond donors (Lipinski definition) is 0. The van der Waals surface area contributed by atoms with Gasteiger partial charge in [0.15, 0.2) is 5.78 Å². The molecule has 1 fully saturated rings. The van der Waals surface area contributed by atoms with E-state index in [1.807, 2.05) is 42.5 Å². The number of carbonyl (C=O) groups is 1. The smallest absolute Gasteiger partial charge is 0.162 e. The Morgan fingerprint density at radius 2 is 1.78 bits per heavy atom. The molecule has 0 N–H and O–H groups in total. The van der Waals surface area contributed by atoms with E-state index >= 15 is 0 Å². The number of aromatic nitrogens is 1. The third kappa shape index (κ3) is 4.49. The van der Waals surface area contributed by atoms with Crippen molar-refractivity contribution in [2.45, 2.75) is 32.1 Å². The Balaban J connectivity index is 1.51. The molecule has 0 unspecified atom stereocenters. The first-order valence-corrected chi connectivity index (χ1v) is 8.60. The molecule has 3 nitrogen and oxygen atoms in total. The van der Waals surface area contributed by atoms with Crippen LogP contribution in [0.25, 0.3) is 11.3 Å². The summed E-state index contributed by atoms with van der Waals surface area (Å²) in [7, 11) is 0. The number of rotatable bonds is 6. The first-order valence-electron chi connectivity index (χ1n) is 8.60. The predicted octanol–water partition coefficient (Wildman–Crippen LogP) is 4.20. The highest BCUT2D eigenvalue weighted by atomic mass is 16.1. The SMILES string of the molecule is O=C(CCCN1CCCCC1)c1ccc(-c2ccccn2)cc1. The van der Waals surface area contributed by atoms with Gasteiger partial charge in [0.1, 0.15) is 0 Å². The molecule has 1 aromatic heterocycles. The lowest BCUT2D eigenvalue weighted by Gasteiger charge is -2.26. The Morgan fingerprint density at radius 3 is 2.48 bits per heavy atom. The molecule has 3 rings (SSSR count). The molecule has 0 saturated carbocycles. The van der Waals surface area contributed by atoms with Crippen LogP contribution < -0.4 is 0 Å². The number of piperidine rings is 1. The lowest BCUT2D eigenvalue weighted by molar-refractivity contribution is 0.0973. The molecule has 1 aliphatic rings. The molecule has 0 radical (unpaired) electrons. The number of carbonyl (C=O) groups excluding carboxylic acids is 1. The normalized spacial score (nSPS) is 15.5. The van der Waals surface area contributed by atoms with Gasteiger partial charge in [-0.2, -0.15) is 0 Å². The summed E-state index contributed by atoms with van der Waals surface area (Å²) in [5.74, 6) is 0.245. The van der Waals surface area contributed by atoms with Crippen molar-refractivity contribution < 1.29 is 4.79 Å². The predicted molar refractivity (Wildman–Crippen MR) is 93.5 cm³/mol. The van der Waals surface area contributed by atoms with Crippen molar-refractivity contribution in [2.75, 3.05) is 19.6 Å². The Bertz CT molecular complexity index is 616. The van der Waals surface area contributed by atoms with Gasteiger partial charge in [-0.3, -0.25) is 9.78 Å². The maximum atomic E-state index is 12.3. The Kier molecular flexibility index (Phi) is 5.54. The Hall–Kier alpha value is -2.00. The fourth-order valence-corrected chi connectivity index (χ4v) is 3.15. The summed E-state index contributed by atoms with van der Waals surface area (Å²) in [5.41, 5.74) is 2.80. The molecule has 2 aromatic rings. The van der Waals surface area contributed by atoms with Crippen molar-refractivity contribution in [3.05, 3.63) is 54.2 Å². The summed E-state index contributed by atoms with van der Waals surface area (Å²) in [6.07, 6.45) is 7.36. The van der Waals surface area contributed by atoms with Crippen molar-refractivity contribution in [3.63, 3.8) is 0 Å². The maximum absolute atomic E-state index is 12.3. The average Bonchev–Trinajstić information content (AvgIpc) is 2.63. The lowest BCUT2D eigenvalue weighted by atomic mass is 10.0. The van der Waals surface area contributed by atoms with Crippen molar-refractivity contribution >= 4 is 5.78 Å². The van der Waals surface area contributed by atoms with Crippen LogP contribution >= 0.6 is 0 Å². The average molecular weight is 308 g/mol. The van der Waals surface area contributed by atoms with Crippen LogP contribution in [0.3, 0.4) is 0 Å². The summed E-state index contributed by atoms with van der Waals surface area (Å²) in [4.78, 5) is 19.1. The number of pyridine rings is 1. The molecule has 1 aromatic carbocycles.